The van der Waals surface area contributed by atoms with Crippen LogP contribution < -0.4 is 20.1 Å². The molecule has 34 heavy (non-hydrogen) atoms. The normalized spacial score (nSPS) is 10.7. The van der Waals surface area contributed by atoms with Gasteiger partial charge in [0.05, 0.1) is 26.7 Å². The van der Waals surface area contributed by atoms with Gasteiger partial charge < -0.3 is 20.1 Å². The summed E-state index contributed by atoms with van der Waals surface area (Å²) in [5.74, 6) is 0.769. The zero-order valence-corrected chi connectivity index (χ0v) is 20.8. The van der Waals surface area contributed by atoms with E-state index in [0.717, 1.165) is 5.56 Å². The van der Waals surface area contributed by atoms with E-state index in [-0.39, 0.29) is 18.1 Å². The lowest BCUT2D eigenvalue weighted by Gasteiger charge is -2.16. The summed E-state index contributed by atoms with van der Waals surface area (Å²) in [6.07, 6.45) is 0. The van der Waals surface area contributed by atoms with Crippen LogP contribution in [-0.4, -0.2) is 24.6 Å². The smallest absolute Gasteiger partial charge is 0.271 e. The van der Waals surface area contributed by atoms with Gasteiger partial charge in [-0.15, -0.1) is 0 Å². The molecule has 0 heterocycles. The molecule has 0 amide bonds. The Kier molecular flexibility index (Phi) is 9.50. The van der Waals surface area contributed by atoms with Crippen molar-refractivity contribution in [2.75, 3.05) is 25.0 Å². The molecule has 0 atom stereocenters. The molecule has 0 saturated heterocycles. The van der Waals surface area contributed by atoms with E-state index in [1.807, 2.05) is 19.1 Å². The van der Waals surface area contributed by atoms with Gasteiger partial charge in [-0.25, -0.2) is 4.39 Å². The third-order valence-electron chi connectivity index (χ3n) is 4.81. The topological polar surface area (TPSA) is 85.7 Å². The number of halogens is 3. The molecule has 0 radical (unpaired) electrons. The van der Waals surface area contributed by atoms with Gasteiger partial charge in [0.15, 0.2) is 11.5 Å². The van der Waals surface area contributed by atoms with E-state index in [4.69, 9.17) is 21.1 Å². The number of benzene rings is 3. The van der Waals surface area contributed by atoms with Crippen molar-refractivity contribution < 1.29 is 18.8 Å². The molecule has 2 N–H and O–H groups in total. The number of nitro groups is 1. The molecule has 0 aliphatic carbocycles. The molecule has 10 heteroatoms. The third kappa shape index (κ3) is 7.06. The minimum absolute atomic E-state index is 0.0503. The number of ether oxygens (including phenoxy) is 2. The number of nitro benzene ring substituents is 1. The van der Waals surface area contributed by atoms with Crippen molar-refractivity contribution in [1.82, 2.24) is 5.32 Å². The third-order valence-corrected chi connectivity index (χ3v) is 5.71. The number of hydrogen-bond donors (Lipinski definition) is 2. The molecule has 0 aliphatic rings. The van der Waals surface area contributed by atoms with Crippen molar-refractivity contribution in [3.8, 4) is 11.5 Å². The highest BCUT2D eigenvalue weighted by Gasteiger charge is 2.14. The lowest BCUT2D eigenvalue weighted by atomic mass is 10.2. The van der Waals surface area contributed by atoms with Crippen LogP contribution in [-0.2, 0) is 13.2 Å². The Morgan fingerprint density at radius 2 is 1.91 bits per heavy atom. The summed E-state index contributed by atoms with van der Waals surface area (Å²) in [5.41, 5.74) is 2.02. The van der Waals surface area contributed by atoms with Gasteiger partial charge in [-0.05, 0) is 52.7 Å². The molecular formula is C24H24BrClFN3O4. The Hall–Kier alpha value is -2.88. The standard InChI is InChI=1S/C24H24BrClFN3O4/c1-2-33-23-12-16(11-19(25)24(23)34-15-17-5-3-4-6-21(17)27)14-28-9-10-29-22-8-7-18(30(31)32)13-20(22)26/h3-8,11-13,28-29H,2,9-10,14-15H2,1H3. The second kappa shape index (κ2) is 12.5. The van der Waals surface area contributed by atoms with Crippen LogP contribution in [0.25, 0.3) is 0 Å². The summed E-state index contributed by atoms with van der Waals surface area (Å²) in [6.45, 7) is 4.19. The maximum atomic E-state index is 13.9. The fourth-order valence-corrected chi connectivity index (χ4v) is 4.02. The Morgan fingerprint density at radius 3 is 2.62 bits per heavy atom. The Bertz CT molecular complexity index is 1150. The van der Waals surface area contributed by atoms with Crippen LogP contribution in [0.4, 0.5) is 15.8 Å². The predicted molar refractivity (Wildman–Crippen MR) is 134 cm³/mol. The van der Waals surface area contributed by atoms with Gasteiger partial charge in [0.1, 0.15) is 12.4 Å². The Labute approximate surface area is 210 Å². The number of anilines is 1. The monoisotopic (exact) mass is 551 g/mol. The van der Waals surface area contributed by atoms with Crippen LogP contribution >= 0.6 is 27.5 Å². The highest BCUT2D eigenvalue weighted by atomic mass is 79.9. The van der Waals surface area contributed by atoms with E-state index in [2.05, 4.69) is 26.6 Å². The summed E-state index contributed by atoms with van der Waals surface area (Å²) in [4.78, 5) is 10.3. The van der Waals surface area contributed by atoms with Crippen LogP contribution in [0.3, 0.4) is 0 Å². The van der Waals surface area contributed by atoms with Gasteiger partial charge in [0.2, 0.25) is 0 Å². The molecule has 3 aromatic rings. The van der Waals surface area contributed by atoms with E-state index < -0.39 is 4.92 Å². The van der Waals surface area contributed by atoms with Gasteiger partial charge in [-0.2, -0.15) is 0 Å². The lowest BCUT2D eigenvalue weighted by molar-refractivity contribution is -0.384. The van der Waals surface area contributed by atoms with E-state index in [0.29, 0.717) is 58.5 Å². The second-order valence-corrected chi connectivity index (χ2v) is 8.50. The van der Waals surface area contributed by atoms with Crippen molar-refractivity contribution in [3.63, 3.8) is 0 Å². The molecule has 3 aromatic carbocycles. The number of rotatable bonds is 12. The summed E-state index contributed by atoms with van der Waals surface area (Å²) in [5, 5.41) is 17.6. The van der Waals surface area contributed by atoms with Crippen LogP contribution in [0.1, 0.15) is 18.1 Å². The first-order valence-electron chi connectivity index (χ1n) is 10.6. The zero-order chi connectivity index (χ0) is 24.5. The van der Waals surface area contributed by atoms with Crippen LogP contribution in [0.15, 0.2) is 59.1 Å². The quantitative estimate of drug-likeness (QED) is 0.155. The van der Waals surface area contributed by atoms with E-state index in [1.165, 1.54) is 18.2 Å². The Balaban J connectivity index is 1.55. The van der Waals surface area contributed by atoms with Crippen molar-refractivity contribution in [3.05, 3.63) is 91.2 Å². The van der Waals surface area contributed by atoms with Gasteiger partial charge in [0.25, 0.3) is 5.69 Å². The average Bonchev–Trinajstić information content (AvgIpc) is 2.80. The molecule has 0 aromatic heterocycles. The maximum Gasteiger partial charge on any atom is 0.271 e. The van der Waals surface area contributed by atoms with E-state index >= 15 is 0 Å². The molecule has 0 spiro atoms. The number of nitrogens with zero attached hydrogens (tertiary/aromatic N) is 1. The van der Waals surface area contributed by atoms with Crippen molar-refractivity contribution in [2.24, 2.45) is 0 Å². The molecule has 0 unspecified atom stereocenters. The summed E-state index contributed by atoms with van der Waals surface area (Å²) in [7, 11) is 0. The number of non-ortho nitro benzene ring substituents is 1. The molecule has 0 bridgehead atoms. The van der Waals surface area contributed by atoms with Gasteiger partial charge in [-0.3, -0.25) is 10.1 Å². The first-order valence-corrected chi connectivity index (χ1v) is 11.8. The summed E-state index contributed by atoms with van der Waals surface area (Å²) in [6, 6.07) is 14.6. The van der Waals surface area contributed by atoms with Crippen LogP contribution in [0.2, 0.25) is 5.02 Å². The molecule has 0 aliphatic heterocycles. The second-order valence-electron chi connectivity index (χ2n) is 7.24. The first kappa shape index (κ1) is 25.7. The number of nitrogens with one attached hydrogen (secondary N) is 2. The summed E-state index contributed by atoms with van der Waals surface area (Å²) >= 11 is 9.63. The molecular weight excluding hydrogens is 529 g/mol. The van der Waals surface area contributed by atoms with Crippen molar-refractivity contribution in [2.45, 2.75) is 20.1 Å². The highest BCUT2D eigenvalue weighted by Crippen LogP contribution is 2.37. The van der Waals surface area contributed by atoms with Gasteiger partial charge in [-0.1, -0.05) is 29.8 Å². The van der Waals surface area contributed by atoms with E-state index in [9.17, 15) is 14.5 Å². The minimum atomic E-state index is -0.484. The van der Waals surface area contributed by atoms with Gasteiger partial charge in [0, 0.05) is 37.3 Å². The van der Waals surface area contributed by atoms with E-state index in [1.54, 1.807) is 24.3 Å². The first-order chi connectivity index (χ1) is 16.4. The predicted octanol–water partition coefficient (Wildman–Crippen LogP) is 6.33. The average molecular weight is 553 g/mol. The lowest BCUT2D eigenvalue weighted by Crippen LogP contribution is -2.22. The number of hydrogen-bond acceptors (Lipinski definition) is 6. The molecule has 0 saturated carbocycles. The fourth-order valence-electron chi connectivity index (χ4n) is 3.17. The molecule has 180 valence electrons. The maximum absolute atomic E-state index is 13.9. The van der Waals surface area contributed by atoms with Crippen LogP contribution in [0.5, 0.6) is 11.5 Å². The van der Waals surface area contributed by atoms with Gasteiger partial charge >= 0.3 is 0 Å². The van der Waals surface area contributed by atoms with Crippen LogP contribution in [0, 0.1) is 15.9 Å². The van der Waals surface area contributed by atoms with Crippen molar-refractivity contribution >= 4 is 38.9 Å². The van der Waals surface area contributed by atoms with Crippen molar-refractivity contribution in [1.29, 1.82) is 0 Å². The SMILES string of the molecule is CCOc1cc(CNCCNc2ccc([N+](=O)[O-])cc2Cl)cc(Br)c1OCc1ccccc1F. The largest absolute Gasteiger partial charge is 0.490 e. The minimum Gasteiger partial charge on any atom is -0.490 e. The highest BCUT2D eigenvalue weighted by molar-refractivity contribution is 9.10. The Morgan fingerprint density at radius 1 is 1.12 bits per heavy atom. The fraction of sp³-hybridized carbons (Fsp3) is 0.250. The molecule has 3 rings (SSSR count). The zero-order valence-electron chi connectivity index (χ0n) is 18.4. The molecule has 7 nitrogen and oxygen atoms in total. The molecule has 0 fully saturated rings. The summed E-state index contributed by atoms with van der Waals surface area (Å²) < 4.78 is 26.3.